The van der Waals surface area contributed by atoms with Crippen molar-refractivity contribution in [3.05, 3.63) is 28.8 Å². The molecule has 0 aliphatic carbocycles. The fraction of sp³-hybridized carbons (Fsp3) is 0.529. The van der Waals surface area contributed by atoms with Gasteiger partial charge in [0.1, 0.15) is 0 Å². The quantitative estimate of drug-likeness (QED) is 0.771. The zero-order valence-electron chi connectivity index (χ0n) is 15.2. The molecule has 0 bridgehead atoms. The number of amides is 2. The summed E-state index contributed by atoms with van der Waals surface area (Å²) >= 11 is 5.56. The van der Waals surface area contributed by atoms with Crippen LogP contribution in [0.2, 0.25) is 5.02 Å². The predicted octanol–water partition coefficient (Wildman–Crippen LogP) is 3.49. The third-order valence-electron chi connectivity index (χ3n) is 4.08. The SMILES string of the molecule is CCN(CC)C(=O)CN(C)C(C)C(=O)Nc1ccc(Cl)c(C(F)(F)F)c1. The number of rotatable bonds is 7. The van der Waals surface area contributed by atoms with Gasteiger partial charge in [0.2, 0.25) is 11.8 Å². The van der Waals surface area contributed by atoms with Crippen molar-refractivity contribution in [2.45, 2.75) is 33.0 Å². The number of benzene rings is 1. The zero-order chi connectivity index (χ0) is 20.1. The Kier molecular flexibility index (Phi) is 7.89. The van der Waals surface area contributed by atoms with Crippen LogP contribution < -0.4 is 5.32 Å². The Labute approximate surface area is 156 Å². The molecule has 0 fully saturated rings. The van der Waals surface area contributed by atoms with E-state index in [0.717, 1.165) is 12.1 Å². The van der Waals surface area contributed by atoms with Gasteiger partial charge in [-0.2, -0.15) is 13.2 Å². The number of likely N-dealkylation sites (N-methyl/N-ethyl adjacent to an activating group) is 2. The average Bonchev–Trinajstić information content (AvgIpc) is 2.55. The first-order chi connectivity index (χ1) is 12.0. The van der Waals surface area contributed by atoms with Crippen LogP contribution in [0.4, 0.5) is 18.9 Å². The van der Waals surface area contributed by atoms with E-state index in [-0.39, 0.29) is 18.1 Å². The van der Waals surface area contributed by atoms with E-state index in [4.69, 9.17) is 11.6 Å². The maximum Gasteiger partial charge on any atom is 0.417 e. The van der Waals surface area contributed by atoms with Crippen LogP contribution in [-0.2, 0) is 15.8 Å². The van der Waals surface area contributed by atoms with Crippen LogP contribution in [0, 0.1) is 0 Å². The molecule has 5 nitrogen and oxygen atoms in total. The highest BCUT2D eigenvalue weighted by molar-refractivity contribution is 6.31. The Morgan fingerprint density at radius 2 is 1.81 bits per heavy atom. The predicted molar refractivity (Wildman–Crippen MR) is 95.1 cm³/mol. The lowest BCUT2D eigenvalue weighted by molar-refractivity contribution is -0.137. The molecule has 0 spiro atoms. The van der Waals surface area contributed by atoms with Crippen molar-refractivity contribution >= 4 is 29.1 Å². The monoisotopic (exact) mass is 393 g/mol. The summed E-state index contributed by atoms with van der Waals surface area (Å²) in [4.78, 5) is 27.6. The molecule has 0 saturated heterocycles. The second-order valence-electron chi connectivity index (χ2n) is 5.84. The first-order valence-corrected chi connectivity index (χ1v) is 8.54. The van der Waals surface area contributed by atoms with Crippen LogP contribution in [0.15, 0.2) is 18.2 Å². The van der Waals surface area contributed by atoms with Gasteiger partial charge in [-0.3, -0.25) is 14.5 Å². The van der Waals surface area contributed by atoms with Crippen LogP contribution in [0.3, 0.4) is 0 Å². The molecule has 1 rings (SSSR count). The van der Waals surface area contributed by atoms with Crippen LogP contribution in [0.5, 0.6) is 0 Å². The van der Waals surface area contributed by atoms with Gasteiger partial charge in [-0.05, 0) is 46.0 Å². The Morgan fingerprint density at radius 3 is 2.31 bits per heavy atom. The van der Waals surface area contributed by atoms with Crippen LogP contribution >= 0.6 is 11.6 Å². The van der Waals surface area contributed by atoms with Crippen molar-refractivity contribution in [1.29, 1.82) is 0 Å². The van der Waals surface area contributed by atoms with Crippen molar-refractivity contribution in [2.75, 3.05) is 32.0 Å². The molecule has 9 heteroatoms. The highest BCUT2D eigenvalue weighted by Crippen LogP contribution is 2.36. The first-order valence-electron chi connectivity index (χ1n) is 8.16. The molecule has 26 heavy (non-hydrogen) atoms. The van der Waals surface area contributed by atoms with E-state index in [0.29, 0.717) is 13.1 Å². The third kappa shape index (κ3) is 5.88. The molecule has 1 aromatic rings. The van der Waals surface area contributed by atoms with Gasteiger partial charge in [0.15, 0.2) is 0 Å². The third-order valence-corrected chi connectivity index (χ3v) is 4.41. The number of carbonyl (C=O) groups excluding carboxylic acids is 2. The number of hydrogen-bond donors (Lipinski definition) is 1. The minimum atomic E-state index is -4.61. The molecule has 1 unspecified atom stereocenters. The molecule has 1 atom stereocenters. The second kappa shape index (κ2) is 9.23. The molecule has 146 valence electrons. The van der Waals surface area contributed by atoms with Crippen molar-refractivity contribution in [2.24, 2.45) is 0 Å². The lowest BCUT2D eigenvalue weighted by Gasteiger charge is -2.26. The number of nitrogens with one attached hydrogen (secondary N) is 1. The summed E-state index contributed by atoms with van der Waals surface area (Å²) < 4.78 is 38.7. The van der Waals surface area contributed by atoms with Crippen molar-refractivity contribution in [1.82, 2.24) is 9.80 Å². The molecule has 0 heterocycles. The normalized spacial score (nSPS) is 12.8. The molecule has 0 aliphatic rings. The first kappa shape index (κ1) is 22.2. The van der Waals surface area contributed by atoms with Gasteiger partial charge < -0.3 is 10.2 Å². The van der Waals surface area contributed by atoms with E-state index in [1.807, 2.05) is 13.8 Å². The van der Waals surface area contributed by atoms with Gasteiger partial charge >= 0.3 is 6.18 Å². The molecule has 0 radical (unpaired) electrons. The molecular weight excluding hydrogens is 371 g/mol. The molecule has 1 aromatic carbocycles. The lowest BCUT2D eigenvalue weighted by atomic mass is 10.2. The fourth-order valence-electron chi connectivity index (χ4n) is 2.29. The maximum atomic E-state index is 12.9. The van der Waals surface area contributed by atoms with Crippen LogP contribution in [0.1, 0.15) is 26.3 Å². The second-order valence-corrected chi connectivity index (χ2v) is 6.25. The standard InChI is InChI=1S/C17H23ClF3N3O2/c1-5-24(6-2)15(25)10-23(4)11(3)16(26)22-12-7-8-14(18)13(9-12)17(19,20)21/h7-9,11H,5-6,10H2,1-4H3,(H,22,26). The molecular formula is C17H23ClF3N3O2. The van der Waals surface area contributed by atoms with E-state index in [1.165, 1.54) is 11.0 Å². The minimum absolute atomic E-state index is 0.0120. The van der Waals surface area contributed by atoms with Gasteiger partial charge in [0.05, 0.1) is 23.2 Å². The highest BCUT2D eigenvalue weighted by Gasteiger charge is 2.33. The molecule has 2 amide bonds. The summed E-state index contributed by atoms with van der Waals surface area (Å²) in [5.74, 6) is -0.640. The topological polar surface area (TPSA) is 52.7 Å². The Balaban J connectivity index is 2.79. The van der Waals surface area contributed by atoms with Gasteiger partial charge in [0, 0.05) is 18.8 Å². The van der Waals surface area contributed by atoms with E-state index >= 15 is 0 Å². The van der Waals surface area contributed by atoms with E-state index in [2.05, 4.69) is 5.32 Å². The van der Waals surface area contributed by atoms with Gasteiger partial charge in [-0.1, -0.05) is 11.6 Å². The van der Waals surface area contributed by atoms with Crippen molar-refractivity contribution in [3.63, 3.8) is 0 Å². The smallest absolute Gasteiger partial charge is 0.342 e. The summed E-state index contributed by atoms with van der Waals surface area (Å²) in [6, 6.07) is 2.45. The van der Waals surface area contributed by atoms with Crippen LogP contribution in [0.25, 0.3) is 0 Å². The molecule has 1 N–H and O–H groups in total. The highest BCUT2D eigenvalue weighted by atomic mass is 35.5. The molecule has 0 aromatic heterocycles. The average molecular weight is 394 g/mol. The Morgan fingerprint density at radius 1 is 1.23 bits per heavy atom. The van der Waals surface area contributed by atoms with Gasteiger partial charge in [0.25, 0.3) is 0 Å². The number of hydrogen-bond acceptors (Lipinski definition) is 3. The lowest BCUT2D eigenvalue weighted by Crippen LogP contribution is -2.46. The van der Waals surface area contributed by atoms with E-state index in [9.17, 15) is 22.8 Å². The van der Waals surface area contributed by atoms with E-state index in [1.54, 1.807) is 18.9 Å². The largest absolute Gasteiger partial charge is 0.417 e. The molecule has 0 aliphatic heterocycles. The maximum absolute atomic E-state index is 12.9. The summed E-state index contributed by atoms with van der Waals surface area (Å²) in [5.41, 5.74) is -1.03. The van der Waals surface area contributed by atoms with Crippen LogP contribution in [-0.4, -0.2) is 54.3 Å². The van der Waals surface area contributed by atoms with E-state index < -0.39 is 28.7 Å². The fourth-order valence-corrected chi connectivity index (χ4v) is 2.52. The zero-order valence-corrected chi connectivity index (χ0v) is 15.9. The number of anilines is 1. The summed E-state index contributed by atoms with van der Waals surface area (Å²) in [5, 5.41) is 1.99. The Hall–Kier alpha value is -1.80. The minimum Gasteiger partial charge on any atom is -0.342 e. The van der Waals surface area contributed by atoms with Crippen molar-refractivity contribution < 1.29 is 22.8 Å². The van der Waals surface area contributed by atoms with Gasteiger partial charge in [-0.15, -0.1) is 0 Å². The number of nitrogens with zero attached hydrogens (tertiary/aromatic N) is 2. The summed E-state index contributed by atoms with van der Waals surface area (Å²) in [6.07, 6.45) is -4.61. The summed E-state index contributed by atoms with van der Waals surface area (Å²) in [6.45, 7) is 6.45. The number of alkyl halides is 3. The van der Waals surface area contributed by atoms with Gasteiger partial charge in [-0.25, -0.2) is 0 Å². The summed E-state index contributed by atoms with van der Waals surface area (Å²) in [7, 11) is 1.61. The number of halogens is 4. The van der Waals surface area contributed by atoms with Crippen molar-refractivity contribution in [3.8, 4) is 0 Å². The molecule has 0 saturated carbocycles. The Bertz CT molecular complexity index is 649. The number of carbonyl (C=O) groups is 2.